The Balaban J connectivity index is 2.79. The van der Waals surface area contributed by atoms with E-state index in [4.69, 9.17) is 0 Å². The van der Waals surface area contributed by atoms with Crippen LogP contribution in [0.2, 0.25) is 0 Å². The Morgan fingerprint density at radius 2 is 1.89 bits per heavy atom. The molecule has 2 nitrogen and oxygen atoms in total. The molecule has 1 aromatic carbocycles. The van der Waals surface area contributed by atoms with Gasteiger partial charge in [0.1, 0.15) is 11.6 Å². The second kappa shape index (κ2) is 6.27. The van der Waals surface area contributed by atoms with E-state index in [-0.39, 0.29) is 22.2 Å². The van der Waals surface area contributed by atoms with Gasteiger partial charge >= 0.3 is 0 Å². The SMILES string of the molecule is CC(NC(=O)C(Br)C(C)C)c1cc(F)ccc1F. The van der Waals surface area contributed by atoms with Gasteiger partial charge in [0.2, 0.25) is 5.91 Å². The van der Waals surface area contributed by atoms with Crippen LogP contribution in [0.4, 0.5) is 8.78 Å². The number of hydrogen-bond acceptors (Lipinski definition) is 1. The molecule has 1 aromatic rings. The van der Waals surface area contributed by atoms with Gasteiger partial charge in [-0.05, 0) is 31.0 Å². The van der Waals surface area contributed by atoms with Crippen LogP contribution in [0.15, 0.2) is 18.2 Å². The van der Waals surface area contributed by atoms with Crippen LogP contribution >= 0.6 is 15.9 Å². The van der Waals surface area contributed by atoms with Gasteiger partial charge in [-0.1, -0.05) is 29.8 Å². The molecule has 100 valence electrons. The zero-order valence-corrected chi connectivity index (χ0v) is 12.1. The molecule has 18 heavy (non-hydrogen) atoms. The zero-order valence-electron chi connectivity index (χ0n) is 10.5. The van der Waals surface area contributed by atoms with Gasteiger partial charge < -0.3 is 5.32 Å². The van der Waals surface area contributed by atoms with E-state index < -0.39 is 17.7 Å². The maximum atomic E-state index is 13.5. The first-order chi connectivity index (χ1) is 8.32. The monoisotopic (exact) mass is 319 g/mol. The quantitative estimate of drug-likeness (QED) is 0.845. The molecule has 0 bridgehead atoms. The van der Waals surface area contributed by atoms with E-state index in [0.717, 1.165) is 18.2 Å². The summed E-state index contributed by atoms with van der Waals surface area (Å²) in [6, 6.07) is 2.63. The third-order valence-corrected chi connectivity index (χ3v) is 4.09. The van der Waals surface area contributed by atoms with Crippen molar-refractivity contribution in [1.82, 2.24) is 5.32 Å². The largest absolute Gasteiger partial charge is 0.348 e. The highest BCUT2D eigenvalue weighted by atomic mass is 79.9. The predicted molar refractivity (Wildman–Crippen MR) is 70.5 cm³/mol. The molecule has 1 rings (SSSR count). The molecule has 0 radical (unpaired) electrons. The van der Waals surface area contributed by atoms with Crippen LogP contribution in [-0.2, 0) is 4.79 Å². The van der Waals surface area contributed by atoms with Gasteiger partial charge in [0.25, 0.3) is 0 Å². The fourth-order valence-electron chi connectivity index (χ4n) is 1.52. The molecule has 0 aliphatic rings. The standard InChI is InChI=1S/C13H16BrF2NO/c1-7(2)12(14)13(18)17-8(3)10-6-9(15)4-5-11(10)16/h4-8,12H,1-3H3,(H,17,18). The van der Waals surface area contributed by atoms with E-state index in [9.17, 15) is 13.6 Å². The third kappa shape index (κ3) is 3.77. The predicted octanol–water partition coefficient (Wildman–Crippen LogP) is 3.56. The van der Waals surface area contributed by atoms with Crippen molar-refractivity contribution in [3.8, 4) is 0 Å². The van der Waals surface area contributed by atoms with E-state index in [0.29, 0.717) is 0 Å². The topological polar surface area (TPSA) is 29.1 Å². The lowest BCUT2D eigenvalue weighted by Crippen LogP contribution is -2.36. The molecule has 0 fully saturated rings. The zero-order chi connectivity index (χ0) is 13.9. The van der Waals surface area contributed by atoms with E-state index in [1.165, 1.54) is 0 Å². The van der Waals surface area contributed by atoms with Crippen LogP contribution in [0.3, 0.4) is 0 Å². The molecule has 0 saturated heterocycles. The number of carbonyl (C=O) groups is 1. The molecule has 0 heterocycles. The minimum absolute atomic E-state index is 0.120. The van der Waals surface area contributed by atoms with Crippen molar-refractivity contribution in [2.75, 3.05) is 0 Å². The highest BCUT2D eigenvalue weighted by Gasteiger charge is 2.21. The van der Waals surface area contributed by atoms with Gasteiger partial charge in [0.15, 0.2) is 0 Å². The van der Waals surface area contributed by atoms with Gasteiger partial charge in [-0.15, -0.1) is 0 Å². The normalized spacial score (nSPS) is 14.4. The minimum Gasteiger partial charge on any atom is -0.348 e. The average molecular weight is 320 g/mol. The number of benzene rings is 1. The van der Waals surface area contributed by atoms with E-state index >= 15 is 0 Å². The lowest BCUT2D eigenvalue weighted by atomic mass is 10.1. The van der Waals surface area contributed by atoms with Crippen LogP contribution in [0.1, 0.15) is 32.4 Å². The number of hydrogen-bond donors (Lipinski definition) is 1. The summed E-state index contributed by atoms with van der Waals surface area (Å²) in [5.74, 6) is -1.16. The Hall–Kier alpha value is -0.970. The van der Waals surface area contributed by atoms with Crippen molar-refractivity contribution in [3.05, 3.63) is 35.4 Å². The second-order valence-corrected chi connectivity index (χ2v) is 5.53. The molecule has 0 saturated carbocycles. The van der Waals surface area contributed by atoms with Crippen LogP contribution in [0, 0.1) is 17.6 Å². The summed E-state index contributed by atoms with van der Waals surface area (Å²) in [6.45, 7) is 5.41. The van der Waals surface area contributed by atoms with Crippen molar-refractivity contribution < 1.29 is 13.6 Å². The summed E-state index contributed by atoms with van der Waals surface area (Å²) in [5.41, 5.74) is 0.145. The van der Waals surface area contributed by atoms with Gasteiger partial charge in [-0.25, -0.2) is 8.78 Å². The summed E-state index contributed by atoms with van der Waals surface area (Å²) in [6.07, 6.45) is 0. The van der Waals surface area contributed by atoms with Crippen LogP contribution in [0.25, 0.3) is 0 Å². The molecular weight excluding hydrogens is 304 g/mol. The van der Waals surface area contributed by atoms with Crippen molar-refractivity contribution in [2.24, 2.45) is 5.92 Å². The Morgan fingerprint density at radius 1 is 1.28 bits per heavy atom. The number of carbonyl (C=O) groups excluding carboxylic acids is 1. The van der Waals surface area contributed by atoms with Crippen molar-refractivity contribution in [2.45, 2.75) is 31.6 Å². The van der Waals surface area contributed by atoms with Crippen molar-refractivity contribution >= 4 is 21.8 Å². The number of rotatable bonds is 4. The number of halogens is 3. The fourth-order valence-corrected chi connectivity index (χ4v) is 1.65. The molecule has 0 aliphatic carbocycles. The maximum absolute atomic E-state index is 13.5. The van der Waals surface area contributed by atoms with Crippen LogP contribution < -0.4 is 5.32 Å². The maximum Gasteiger partial charge on any atom is 0.234 e. The van der Waals surface area contributed by atoms with E-state index in [2.05, 4.69) is 21.2 Å². The molecule has 2 unspecified atom stereocenters. The number of nitrogens with one attached hydrogen (secondary N) is 1. The highest BCUT2D eigenvalue weighted by Crippen LogP contribution is 2.19. The molecule has 1 amide bonds. The Bertz CT molecular complexity index is 437. The molecular formula is C13H16BrF2NO. The molecule has 1 N–H and O–H groups in total. The second-order valence-electron chi connectivity index (χ2n) is 4.54. The first-order valence-corrected chi connectivity index (χ1v) is 6.64. The van der Waals surface area contributed by atoms with E-state index in [1.54, 1.807) is 6.92 Å². The van der Waals surface area contributed by atoms with Gasteiger partial charge in [0, 0.05) is 5.56 Å². The van der Waals surface area contributed by atoms with Crippen molar-refractivity contribution in [1.29, 1.82) is 0 Å². The Labute approximate surface area is 114 Å². The van der Waals surface area contributed by atoms with Crippen molar-refractivity contribution in [3.63, 3.8) is 0 Å². The summed E-state index contributed by atoms with van der Waals surface area (Å²) >= 11 is 3.26. The summed E-state index contributed by atoms with van der Waals surface area (Å²) in [5, 5.41) is 2.65. The molecule has 5 heteroatoms. The van der Waals surface area contributed by atoms with Gasteiger partial charge in [0.05, 0.1) is 10.9 Å². The smallest absolute Gasteiger partial charge is 0.234 e. The first kappa shape index (κ1) is 15.1. The molecule has 2 atom stereocenters. The lowest BCUT2D eigenvalue weighted by Gasteiger charge is -2.19. The van der Waals surface area contributed by atoms with Gasteiger partial charge in [-0.2, -0.15) is 0 Å². The molecule has 0 aromatic heterocycles. The fraction of sp³-hybridized carbons (Fsp3) is 0.462. The van der Waals surface area contributed by atoms with Gasteiger partial charge in [-0.3, -0.25) is 4.79 Å². The molecule has 0 spiro atoms. The van der Waals surface area contributed by atoms with Crippen LogP contribution in [0.5, 0.6) is 0 Å². The van der Waals surface area contributed by atoms with Crippen LogP contribution in [-0.4, -0.2) is 10.7 Å². The highest BCUT2D eigenvalue weighted by molar-refractivity contribution is 9.10. The first-order valence-electron chi connectivity index (χ1n) is 5.72. The number of alkyl halides is 1. The lowest BCUT2D eigenvalue weighted by molar-refractivity contribution is -0.121. The Morgan fingerprint density at radius 3 is 2.44 bits per heavy atom. The number of amides is 1. The molecule has 0 aliphatic heterocycles. The summed E-state index contributed by atoms with van der Waals surface area (Å²) < 4.78 is 26.5. The van der Waals surface area contributed by atoms with E-state index in [1.807, 2.05) is 13.8 Å². The Kier molecular flexibility index (Phi) is 5.26. The average Bonchev–Trinajstić information content (AvgIpc) is 2.30. The minimum atomic E-state index is -0.577. The summed E-state index contributed by atoms with van der Waals surface area (Å²) in [4.78, 5) is 11.4. The third-order valence-electron chi connectivity index (χ3n) is 2.62. The summed E-state index contributed by atoms with van der Waals surface area (Å²) in [7, 11) is 0.